The second-order valence-corrected chi connectivity index (χ2v) is 7.92. The number of ketones is 2. The fourth-order valence-electron chi connectivity index (χ4n) is 4.51. The van der Waals surface area contributed by atoms with E-state index in [9.17, 15) is 19.8 Å². The van der Waals surface area contributed by atoms with Gasteiger partial charge >= 0.3 is 0 Å². The number of rotatable bonds is 3. The van der Waals surface area contributed by atoms with Crippen LogP contribution in [0.1, 0.15) is 64.6 Å². The second kappa shape index (κ2) is 7.02. The highest BCUT2D eigenvalue weighted by atomic mass is 16.8. The number of phenols is 1. The van der Waals surface area contributed by atoms with Gasteiger partial charge in [0.05, 0.1) is 23.5 Å². The Bertz CT molecular complexity index is 1010. The van der Waals surface area contributed by atoms with Gasteiger partial charge in [0.25, 0.3) is 0 Å². The first kappa shape index (κ1) is 19.4. The standard InChI is InChI=1S/C22H22O8/c1-3-4-14-16-10(5-9(2)28-14)6-11-13(23)7-12(18(24)17(11)19(16)25)22-29-15-8-27-21(26)20(15)30-22/h5-7,14-15,20-22,25-26H,3-4,8H2,1-2H3/t14-,15-,20-,21-,22-/m1/s1. The van der Waals surface area contributed by atoms with Crippen molar-refractivity contribution in [1.29, 1.82) is 0 Å². The Morgan fingerprint density at radius 2 is 2.00 bits per heavy atom. The number of allylic oxidation sites excluding steroid dienone is 2. The first-order valence-corrected chi connectivity index (χ1v) is 10.0. The minimum atomic E-state index is -1.15. The molecule has 158 valence electrons. The molecular formula is C22H22O8. The van der Waals surface area contributed by atoms with Gasteiger partial charge in [-0.25, -0.2) is 0 Å². The summed E-state index contributed by atoms with van der Waals surface area (Å²) in [4.78, 5) is 26.2. The first-order valence-electron chi connectivity index (χ1n) is 10.0. The minimum absolute atomic E-state index is 0.000146. The van der Waals surface area contributed by atoms with Gasteiger partial charge in [0.15, 0.2) is 24.1 Å². The highest BCUT2D eigenvalue weighted by molar-refractivity contribution is 6.26. The first-order chi connectivity index (χ1) is 14.4. The molecule has 0 bridgehead atoms. The summed E-state index contributed by atoms with van der Waals surface area (Å²) in [5, 5.41) is 20.9. The van der Waals surface area contributed by atoms with Gasteiger partial charge in [-0.2, -0.15) is 0 Å². The number of benzene rings is 1. The Balaban J connectivity index is 1.56. The maximum Gasteiger partial charge on any atom is 0.198 e. The second-order valence-electron chi connectivity index (χ2n) is 7.92. The third-order valence-corrected chi connectivity index (χ3v) is 5.88. The van der Waals surface area contributed by atoms with Gasteiger partial charge in [0, 0.05) is 11.1 Å². The zero-order chi connectivity index (χ0) is 21.2. The van der Waals surface area contributed by atoms with Gasteiger partial charge in [-0.1, -0.05) is 13.3 Å². The summed E-state index contributed by atoms with van der Waals surface area (Å²) < 4.78 is 22.3. The van der Waals surface area contributed by atoms with Crippen LogP contribution in [0.15, 0.2) is 23.5 Å². The van der Waals surface area contributed by atoms with Crippen molar-refractivity contribution >= 4 is 17.6 Å². The lowest BCUT2D eigenvalue weighted by Crippen LogP contribution is -2.30. The highest BCUT2D eigenvalue weighted by Crippen LogP contribution is 2.45. The topological polar surface area (TPSA) is 112 Å². The molecule has 4 aliphatic rings. The Morgan fingerprint density at radius 1 is 1.20 bits per heavy atom. The van der Waals surface area contributed by atoms with Crippen LogP contribution in [0.3, 0.4) is 0 Å². The molecule has 8 nitrogen and oxygen atoms in total. The van der Waals surface area contributed by atoms with Crippen LogP contribution in [-0.2, 0) is 18.9 Å². The number of aliphatic hydroxyl groups is 1. The van der Waals surface area contributed by atoms with Crippen LogP contribution in [0.25, 0.3) is 6.08 Å². The molecule has 5 atom stereocenters. The van der Waals surface area contributed by atoms with Gasteiger partial charge in [-0.15, -0.1) is 0 Å². The number of Topliss-reactive ketones (excluding diaryl/α,β-unsaturated/α-hetero) is 1. The lowest BCUT2D eigenvalue weighted by molar-refractivity contribution is -0.153. The third-order valence-electron chi connectivity index (χ3n) is 5.88. The quantitative estimate of drug-likeness (QED) is 0.776. The number of carbonyl (C=O) groups is 2. The van der Waals surface area contributed by atoms with Gasteiger partial charge < -0.3 is 29.2 Å². The number of fused-ring (bicyclic) bond motifs is 3. The normalized spacial score (nSPS) is 32.2. The summed E-state index contributed by atoms with van der Waals surface area (Å²) >= 11 is 0. The zero-order valence-corrected chi connectivity index (χ0v) is 16.6. The molecule has 8 heteroatoms. The molecule has 1 aromatic rings. The predicted molar refractivity (Wildman–Crippen MR) is 103 cm³/mol. The molecule has 0 spiro atoms. The van der Waals surface area contributed by atoms with E-state index in [2.05, 4.69) is 0 Å². The van der Waals surface area contributed by atoms with Gasteiger partial charge in [-0.3, -0.25) is 9.59 Å². The molecule has 3 aliphatic heterocycles. The Kier molecular flexibility index (Phi) is 4.55. The minimum Gasteiger partial charge on any atom is -0.507 e. The van der Waals surface area contributed by atoms with E-state index in [0.29, 0.717) is 23.3 Å². The number of aromatic hydroxyl groups is 1. The van der Waals surface area contributed by atoms with Crippen LogP contribution in [0.4, 0.5) is 0 Å². The molecule has 30 heavy (non-hydrogen) atoms. The number of hydrogen-bond donors (Lipinski definition) is 2. The Hall–Kier alpha value is -2.52. The fourth-order valence-corrected chi connectivity index (χ4v) is 4.51. The van der Waals surface area contributed by atoms with E-state index in [1.165, 1.54) is 6.08 Å². The number of hydrogen-bond acceptors (Lipinski definition) is 8. The molecule has 1 aromatic carbocycles. The lowest BCUT2D eigenvalue weighted by atomic mass is 9.82. The Labute approximate surface area is 172 Å². The van der Waals surface area contributed by atoms with Crippen LogP contribution in [-0.4, -0.2) is 53.2 Å². The summed E-state index contributed by atoms with van der Waals surface area (Å²) in [5.41, 5.74) is 1.27. The summed E-state index contributed by atoms with van der Waals surface area (Å²) in [7, 11) is 0. The van der Waals surface area contributed by atoms with Gasteiger partial charge in [0.1, 0.15) is 24.1 Å². The van der Waals surface area contributed by atoms with E-state index in [1.807, 2.05) is 13.8 Å². The SMILES string of the molecule is CCC[C@H]1OC(C)=Cc2cc3c(c(O)c21)C(=O)C([C@H]1O[C@H]2[C@H](O)OC[C@H]2O1)=CC3=O. The average Bonchev–Trinajstić information content (AvgIpc) is 3.26. The van der Waals surface area contributed by atoms with Crippen LogP contribution < -0.4 is 0 Å². The van der Waals surface area contributed by atoms with Crippen molar-refractivity contribution in [3.8, 4) is 5.75 Å². The van der Waals surface area contributed by atoms with Crippen LogP contribution in [0.5, 0.6) is 5.75 Å². The van der Waals surface area contributed by atoms with E-state index in [-0.39, 0.29) is 29.1 Å². The highest BCUT2D eigenvalue weighted by Gasteiger charge is 2.49. The number of phenolic OH excluding ortho intramolecular Hbond substituents is 1. The lowest BCUT2D eigenvalue weighted by Gasteiger charge is -2.29. The molecule has 0 radical (unpaired) electrons. The molecule has 5 rings (SSSR count). The van der Waals surface area contributed by atoms with Gasteiger partial charge in [0.2, 0.25) is 0 Å². The summed E-state index contributed by atoms with van der Waals surface area (Å²) in [5.74, 6) is -0.503. The largest absolute Gasteiger partial charge is 0.507 e. The maximum atomic E-state index is 13.3. The van der Waals surface area contributed by atoms with Crippen LogP contribution >= 0.6 is 0 Å². The van der Waals surface area contributed by atoms with Gasteiger partial charge in [-0.05, 0) is 37.1 Å². The fraction of sp³-hybridized carbons (Fsp3) is 0.455. The maximum absolute atomic E-state index is 13.3. The summed E-state index contributed by atoms with van der Waals surface area (Å²) in [6.45, 7) is 3.96. The zero-order valence-electron chi connectivity index (χ0n) is 16.6. The molecule has 3 heterocycles. The molecular weight excluding hydrogens is 392 g/mol. The molecule has 0 unspecified atom stereocenters. The van der Waals surface area contributed by atoms with Crippen molar-refractivity contribution in [1.82, 2.24) is 0 Å². The number of carbonyl (C=O) groups excluding carboxylic acids is 2. The average molecular weight is 414 g/mol. The van der Waals surface area contributed by atoms with E-state index >= 15 is 0 Å². The molecule has 2 N–H and O–H groups in total. The Morgan fingerprint density at radius 3 is 2.73 bits per heavy atom. The van der Waals surface area contributed by atoms with Crippen molar-refractivity contribution in [2.75, 3.05) is 6.61 Å². The van der Waals surface area contributed by atoms with E-state index < -0.39 is 42.5 Å². The molecule has 2 saturated heterocycles. The smallest absolute Gasteiger partial charge is 0.198 e. The van der Waals surface area contributed by atoms with Crippen LogP contribution in [0, 0.1) is 0 Å². The van der Waals surface area contributed by atoms with Crippen molar-refractivity contribution in [2.45, 2.75) is 57.6 Å². The number of aliphatic hydroxyl groups excluding tert-OH is 1. The van der Waals surface area contributed by atoms with Crippen LogP contribution in [0.2, 0.25) is 0 Å². The van der Waals surface area contributed by atoms with E-state index in [0.717, 1.165) is 6.42 Å². The monoisotopic (exact) mass is 414 g/mol. The van der Waals surface area contributed by atoms with E-state index in [4.69, 9.17) is 18.9 Å². The molecule has 1 aliphatic carbocycles. The van der Waals surface area contributed by atoms with Crippen molar-refractivity contribution in [2.24, 2.45) is 0 Å². The van der Waals surface area contributed by atoms with Crippen molar-refractivity contribution in [3.63, 3.8) is 0 Å². The summed E-state index contributed by atoms with van der Waals surface area (Å²) in [6.07, 6.45) is 0.514. The third kappa shape index (κ3) is 2.83. The summed E-state index contributed by atoms with van der Waals surface area (Å²) in [6, 6.07) is 1.63. The molecule has 2 fully saturated rings. The number of ether oxygens (including phenoxy) is 4. The molecule has 0 amide bonds. The molecule has 0 aromatic heterocycles. The van der Waals surface area contributed by atoms with Crippen molar-refractivity contribution < 1.29 is 38.7 Å². The molecule has 0 saturated carbocycles. The predicted octanol–water partition coefficient (Wildman–Crippen LogP) is 2.39. The van der Waals surface area contributed by atoms with Crippen molar-refractivity contribution in [3.05, 3.63) is 45.7 Å². The van der Waals surface area contributed by atoms with E-state index in [1.54, 1.807) is 12.1 Å².